The van der Waals surface area contributed by atoms with E-state index >= 15 is 0 Å². The van der Waals surface area contributed by atoms with Crippen molar-refractivity contribution in [2.75, 3.05) is 13.7 Å². The molecule has 0 atom stereocenters. The molecule has 0 aliphatic heterocycles. The second-order valence-electron chi connectivity index (χ2n) is 5.40. The van der Waals surface area contributed by atoms with Gasteiger partial charge in [0.25, 0.3) is 0 Å². The van der Waals surface area contributed by atoms with Crippen LogP contribution in [0, 0.1) is 6.92 Å². The van der Waals surface area contributed by atoms with Gasteiger partial charge >= 0.3 is 0 Å². The average Bonchev–Trinajstić information content (AvgIpc) is 3.03. The first-order valence-corrected chi connectivity index (χ1v) is 8.78. The molecule has 2 aromatic heterocycles. The molecule has 0 saturated heterocycles. The van der Waals surface area contributed by atoms with Crippen molar-refractivity contribution in [2.45, 2.75) is 24.4 Å². The smallest absolute Gasteiger partial charge is 0.191 e. The number of pyridine rings is 1. The summed E-state index contributed by atoms with van der Waals surface area (Å²) in [7, 11) is 1.70. The molecule has 3 aromatic rings. The van der Waals surface area contributed by atoms with Crippen molar-refractivity contribution in [1.29, 1.82) is 0 Å². The number of aryl methyl sites for hydroxylation is 1. The minimum atomic E-state index is 0.619. The molecular weight excluding hydrogens is 320 g/mol. The van der Waals surface area contributed by atoms with E-state index in [4.69, 9.17) is 4.74 Å². The molecule has 0 aliphatic carbocycles. The first-order valence-electron chi connectivity index (χ1n) is 7.79. The molecule has 24 heavy (non-hydrogen) atoms. The Labute approximate surface area is 146 Å². The Kier molecular flexibility index (Phi) is 5.61. The van der Waals surface area contributed by atoms with E-state index < -0.39 is 0 Å². The second-order valence-corrected chi connectivity index (χ2v) is 6.34. The molecule has 0 amide bonds. The highest BCUT2D eigenvalue weighted by Crippen LogP contribution is 2.27. The number of methoxy groups -OCH3 is 1. The molecule has 0 fully saturated rings. The molecule has 3 rings (SSSR count). The Morgan fingerprint density at radius 3 is 2.62 bits per heavy atom. The van der Waals surface area contributed by atoms with Gasteiger partial charge in [0, 0.05) is 30.8 Å². The molecule has 5 nitrogen and oxygen atoms in total. The Morgan fingerprint density at radius 1 is 1.08 bits per heavy atom. The van der Waals surface area contributed by atoms with Crippen molar-refractivity contribution in [1.82, 2.24) is 19.7 Å². The molecule has 2 heterocycles. The molecular formula is C18H20N4OS. The maximum Gasteiger partial charge on any atom is 0.191 e. The number of rotatable bonds is 7. The zero-order chi connectivity index (χ0) is 16.8. The van der Waals surface area contributed by atoms with Gasteiger partial charge in [-0.1, -0.05) is 36.0 Å². The van der Waals surface area contributed by atoms with Gasteiger partial charge in [-0.3, -0.25) is 9.55 Å². The molecule has 124 valence electrons. The molecule has 0 saturated carbocycles. The van der Waals surface area contributed by atoms with Crippen LogP contribution < -0.4 is 0 Å². The van der Waals surface area contributed by atoms with Crippen LogP contribution in [0.25, 0.3) is 11.4 Å². The molecule has 0 spiro atoms. The first kappa shape index (κ1) is 16.7. The van der Waals surface area contributed by atoms with E-state index in [2.05, 4.69) is 50.9 Å². The number of ether oxygens (including phenoxy) is 1. The van der Waals surface area contributed by atoms with Crippen LogP contribution in [0.2, 0.25) is 0 Å². The fraction of sp³-hybridized carbons (Fsp3) is 0.278. The number of aromatic nitrogens is 4. The quantitative estimate of drug-likeness (QED) is 0.615. The minimum Gasteiger partial charge on any atom is -0.383 e. The number of nitrogens with zero attached hydrogens (tertiary/aromatic N) is 4. The lowest BCUT2D eigenvalue weighted by Crippen LogP contribution is -2.07. The summed E-state index contributed by atoms with van der Waals surface area (Å²) in [4.78, 5) is 4.07. The van der Waals surface area contributed by atoms with E-state index in [9.17, 15) is 0 Å². The predicted octanol–water partition coefficient (Wildman–Crippen LogP) is 3.59. The van der Waals surface area contributed by atoms with E-state index in [1.165, 1.54) is 11.1 Å². The van der Waals surface area contributed by atoms with Gasteiger partial charge in [0.1, 0.15) is 0 Å². The number of hydrogen-bond donors (Lipinski definition) is 0. The summed E-state index contributed by atoms with van der Waals surface area (Å²) in [5, 5.41) is 9.68. The summed E-state index contributed by atoms with van der Waals surface area (Å²) in [6.07, 6.45) is 3.54. The zero-order valence-corrected chi connectivity index (χ0v) is 14.7. The molecule has 6 heteroatoms. The van der Waals surface area contributed by atoms with Crippen LogP contribution in [-0.4, -0.2) is 33.5 Å². The fourth-order valence-electron chi connectivity index (χ4n) is 2.41. The van der Waals surface area contributed by atoms with Crippen LogP contribution in [0.4, 0.5) is 0 Å². The topological polar surface area (TPSA) is 52.8 Å². The monoisotopic (exact) mass is 340 g/mol. The van der Waals surface area contributed by atoms with Crippen molar-refractivity contribution in [3.8, 4) is 11.4 Å². The number of hydrogen-bond acceptors (Lipinski definition) is 5. The summed E-state index contributed by atoms with van der Waals surface area (Å²) >= 11 is 1.70. The third kappa shape index (κ3) is 3.83. The maximum absolute atomic E-state index is 5.24. The van der Waals surface area contributed by atoms with Gasteiger partial charge in [-0.25, -0.2) is 0 Å². The van der Waals surface area contributed by atoms with Crippen LogP contribution >= 0.6 is 11.8 Å². The van der Waals surface area contributed by atoms with Crippen molar-refractivity contribution in [3.63, 3.8) is 0 Å². The number of benzene rings is 1. The predicted molar refractivity (Wildman–Crippen MR) is 95.9 cm³/mol. The number of thioether (sulfide) groups is 1. The van der Waals surface area contributed by atoms with Gasteiger partial charge in [0.05, 0.1) is 13.2 Å². The SMILES string of the molecule is COCCn1c(SCc2ccccc2C)nnc1-c1ccncc1. The molecule has 1 aromatic carbocycles. The largest absolute Gasteiger partial charge is 0.383 e. The fourth-order valence-corrected chi connectivity index (χ4v) is 3.45. The molecule has 0 aliphatic rings. The van der Waals surface area contributed by atoms with Gasteiger partial charge < -0.3 is 4.74 Å². The van der Waals surface area contributed by atoms with E-state index in [1.807, 2.05) is 12.1 Å². The lowest BCUT2D eigenvalue weighted by atomic mass is 10.1. The average molecular weight is 340 g/mol. The van der Waals surface area contributed by atoms with E-state index in [-0.39, 0.29) is 0 Å². The first-order chi connectivity index (χ1) is 11.8. The highest BCUT2D eigenvalue weighted by molar-refractivity contribution is 7.98. The van der Waals surface area contributed by atoms with Gasteiger partial charge in [0.15, 0.2) is 11.0 Å². The van der Waals surface area contributed by atoms with Gasteiger partial charge in [-0.15, -0.1) is 10.2 Å². The van der Waals surface area contributed by atoms with E-state index in [0.29, 0.717) is 6.61 Å². The van der Waals surface area contributed by atoms with E-state index in [0.717, 1.165) is 28.8 Å². The van der Waals surface area contributed by atoms with Gasteiger partial charge in [0.2, 0.25) is 0 Å². The van der Waals surface area contributed by atoms with Crippen LogP contribution in [0.15, 0.2) is 53.9 Å². The van der Waals surface area contributed by atoms with Crippen molar-refractivity contribution >= 4 is 11.8 Å². The van der Waals surface area contributed by atoms with Crippen molar-refractivity contribution < 1.29 is 4.74 Å². The second kappa shape index (κ2) is 8.08. The third-order valence-corrected chi connectivity index (χ3v) is 4.81. The normalized spacial score (nSPS) is 10.9. The highest BCUT2D eigenvalue weighted by Gasteiger charge is 2.14. The Morgan fingerprint density at radius 2 is 1.88 bits per heavy atom. The van der Waals surface area contributed by atoms with Crippen LogP contribution in [0.5, 0.6) is 0 Å². The lowest BCUT2D eigenvalue weighted by Gasteiger charge is -2.10. The third-order valence-electron chi connectivity index (χ3n) is 3.79. The van der Waals surface area contributed by atoms with Crippen molar-refractivity contribution in [3.05, 3.63) is 59.9 Å². The van der Waals surface area contributed by atoms with Crippen LogP contribution in [0.3, 0.4) is 0 Å². The Bertz CT molecular complexity index is 789. The lowest BCUT2D eigenvalue weighted by molar-refractivity contribution is 0.185. The Hall–Kier alpha value is -2.18. The standard InChI is InChI=1S/C18H20N4OS/c1-14-5-3-4-6-16(14)13-24-18-21-20-17(22(18)11-12-23-2)15-7-9-19-10-8-15/h3-10H,11-13H2,1-2H3. The molecule has 0 radical (unpaired) electrons. The van der Waals surface area contributed by atoms with Gasteiger partial charge in [-0.05, 0) is 30.2 Å². The summed E-state index contributed by atoms with van der Waals surface area (Å²) in [6, 6.07) is 12.3. The zero-order valence-electron chi connectivity index (χ0n) is 13.8. The highest BCUT2D eigenvalue weighted by atomic mass is 32.2. The van der Waals surface area contributed by atoms with Crippen molar-refractivity contribution in [2.24, 2.45) is 0 Å². The molecule has 0 unspecified atom stereocenters. The van der Waals surface area contributed by atoms with Gasteiger partial charge in [-0.2, -0.15) is 0 Å². The summed E-state index contributed by atoms with van der Waals surface area (Å²) < 4.78 is 7.36. The summed E-state index contributed by atoms with van der Waals surface area (Å²) in [5.41, 5.74) is 3.62. The van der Waals surface area contributed by atoms with E-state index in [1.54, 1.807) is 31.3 Å². The Balaban J connectivity index is 1.85. The molecule has 0 bridgehead atoms. The van der Waals surface area contributed by atoms with Crippen LogP contribution in [0.1, 0.15) is 11.1 Å². The molecule has 0 N–H and O–H groups in total. The van der Waals surface area contributed by atoms with Crippen LogP contribution in [-0.2, 0) is 17.0 Å². The minimum absolute atomic E-state index is 0.619. The summed E-state index contributed by atoms with van der Waals surface area (Å²) in [6.45, 7) is 3.47. The maximum atomic E-state index is 5.24. The summed E-state index contributed by atoms with van der Waals surface area (Å²) in [5.74, 6) is 1.72.